The second-order valence-corrected chi connectivity index (χ2v) is 9.44. The van der Waals surface area contributed by atoms with Crippen molar-refractivity contribution in [2.24, 2.45) is 0 Å². The van der Waals surface area contributed by atoms with Gasteiger partial charge in [-0.1, -0.05) is 35.1 Å². The van der Waals surface area contributed by atoms with E-state index in [1.807, 2.05) is 34.2 Å². The number of aromatic amines is 1. The van der Waals surface area contributed by atoms with Gasteiger partial charge in [-0.3, -0.25) is 23.5 Å². The fourth-order valence-corrected chi connectivity index (χ4v) is 4.99. The fourth-order valence-electron chi connectivity index (χ4n) is 3.96. The molecule has 0 radical (unpaired) electrons. The van der Waals surface area contributed by atoms with E-state index in [1.165, 1.54) is 22.8 Å². The molecular formula is C22H20ClN7O3S. The van der Waals surface area contributed by atoms with E-state index in [4.69, 9.17) is 16.6 Å². The van der Waals surface area contributed by atoms with Crippen LogP contribution in [0.3, 0.4) is 0 Å². The average Bonchev–Trinajstić information content (AvgIpc) is 3.41. The van der Waals surface area contributed by atoms with Crippen molar-refractivity contribution in [3.63, 3.8) is 0 Å². The molecule has 0 fully saturated rings. The summed E-state index contributed by atoms with van der Waals surface area (Å²) in [5.41, 5.74) is 2.03. The van der Waals surface area contributed by atoms with Gasteiger partial charge in [-0.05, 0) is 24.6 Å². The summed E-state index contributed by atoms with van der Waals surface area (Å²) in [6.45, 7) is 4.00. The number of nitrogens with zero attached hydrogens (tertiary/aromatic N) is 5. The van der Waals surface area contributed by atoms with Crippen LogP contribution in [0.1, 0.15) is 30.9 Å². The Morgan fingerprint density at radius 2 is 1.91 bits per heavy atom. The molecule has 0 aliphatic heterocycles. The van der Waals surface area contributed by atoms with E-state index in [-0.39, 0.29) is 5.91 Å². The second kappa shape index (κ2) is 8.58. The summed E-state index contributed by atoms with van der Waals surface area (Å²) in [5.74, 6) is 0.456. The molecule has 1 aromatic carbocycles. The summed E-state index contributed by atoms with van der Waals surface area (Å²) in [5, 5.41) is 2.74. The number of thiazole rings is 1. The van der Waals surface area contributed by atoms with Crippen LogP contribution >= 0.6 is 22.9 Å². The minimum absolute atomic E-state index is 0.152. The van der Waals surface area contributed by atoms with Gasteiger partial charge in [-0.25, -0.2) is 14.8 Å². The maximum absolute atomic E-state index is 12.8. The molecule has 34 heavy (non-hydrogen) atoms. The van der Waals surface area contributed by atoms with E-state index in [0.717, 1.165) is 16.2 Å². The first-order chi connectivity index (χ1) is 16.3. The van der Waals surface area contributed by atoms with Gasteiger partial charge in [0.1, 0.15) is 10.2 Å². The Bertz CT molecular complexity index is 1620. The van der Waals surface area contributed by atoms with Crippen molar-refractivity contribution in [1.82, 2.24) is 28.5 Å². The van der Waals surface area contributed by atoms with Crippen LogP contribution in [0.25, 0.3) is 16.1 Å². The molecule has 174 valence electrons. The van der Waals surface area contributed by atoms with Crippen LogP contribution in [-0.4, -0.2) is 34.4 Å². The number of nitrogens with one attached hydrogen (secondary N) is 2. The number of rotatable bonds is 6. The van der Waals surface area contributed by atoms with Gasteiger partial charge in [0.2, 0.25) is 5.91 Å². The summed E-state index contributed by atoms with van der Waals surface area (Å²) in [6, 6.07) is 7.35. The van der Waals surface area contributed by atoms with E-state index >= 15 is 0 Å². The lowest BCUT2D eigenvalue weighted by molar-refractivity contribution is -0.114. The highest BCUT2D eigenvalue weighted by atomic mass is 35.5. The molecule has 4 heterocycles. The molecule has 5 aromatic rings. The minimum atomic E-state index is -0.493. The maximum atomic E-state index is 12.8. The molecule has 5 rings (SSSR count). The van der Waals surface area contributed by atoms with Gasteiger partial charge in [0, 0.05) is 44.5 Å². The lowest BCUT2D eigenvalue weighted by Crippen LogP contribution is -2.30. The predicted molar refractivity (Wildman–Crippen MR) is 131 cm³/mol. The molecule has 0 aliphatic carbocycles. The molecule has 0 aliphatic rings. The molecular weight excluding hydrogens is 478 g/mol. The summed E-state index contributed by atoms with van der Waals surface area (Å²) in [4.78, 5) is 49.0. The topological polar surface area (TPSA) is 119 Å². The van der Waals surface area contributed by atoms with Crippen LogP contribution in [0.4, 0.5) is 5.69 Å². The van der Waals surface area contributed by atoms with Crippen molar-refractivity contribution in [3.05, 3.63) is 78.9 Å². The number of hydrogen-bond acceptors (Lipinski definition) is 6. The quantitative estimate of drug-likeness (QED) is 0.374. The summed E-state index contributed by atoms with van der Waals surface area (Å²) in [7, 11) is 0. The average molecular weight is 498 g/mol. The molecule has 1 amide bonds. The van der Waals surface area contributed by atoms with Crippen LogP contribution in [0.2, 0.25) is 4.34 Å². The Kier molecular flexibility index (Phi) is 5.58. The van der Waals surface area contributed by atoms with E-state index < -0.39 is 11.2 Å². The predicted octanol–water partition coefficient (Wildman–Crippen LogP) is 2.87. The number of amides is 1. The number of hydrogen-bond donors (Lipinski definition) is 2. The number of halogens is 1. The third-order valence-electron chi connectivity index (χ3n) is 5.41. The zero-order valence-corrected chi connectivity index (χ0v) is 19.9. The number of H-pyrrole nitrogens is 1. The molecule has 2 N–H and O–H groups in total. The highest BCUT2D eigenvalue weighted by molar-refractivity contribution is 7.20. The first kappa shape index (κ1) is 22.1. The number of imidazole rings is 2. The number of carbonyl (C=O) groups is 1. The molecule has 10 nitrogen and oxygen atoms in total. The van der Waals surface area contributed by atoms with Crippen LogP contribution < -0.4 is 16.6 Å². The third kappa shape index (κ3) is 4.03. The van der Waals surface area contributed by atoms with Gasteiger partial charge in [0.25, 0.3) is 5.56 Å². The maximum Gasteiger partial charge on any atom is 0.330 e. The van der Waals surface area contributed by atoms with Gasteiger partial charge in [-0.2, -0.15) is 0 Å². The van der Waals surface area contributed by atoms with Crippen molar-refractivity contribution in [2.75, 3.05) is 5.32 Å². The van der Waals surface area contributed by atoms with Crippen LogP contribution in [-0.2, 0) is 24.3 Å². The third-order valence-corrected chi connectivity index (χ3v) is 6.53. The number of aryl methyl sites for hydroxylation is 1. The van der Waals surface area contributed by atoms with Crippen LogP contribution in [0, 0.1) is 0 Å². The molecule has 0 saturated carbocycles. The van der Waals surface area contributed by atoms with Gasteiger partial charge in [0.15, 0.2) is 16.1 Å². The summed E-state index contributed by atoms with van der Waals surface area (Å²) < 4.78 is 5.75. The van der Waals surface area contributed by atoms with E-state index in [0.29, 0.717) is 46.5 Å². The normalized spacial score (nSPS) is 11.5. The van der Waals surface area contributed by atoms with Crippen LogP contribution in [0.5, 0.6) is 0 Å². The summed E-state index contributed by atoms with van der Waals surface area (Å²) >= 11 is 7.43. The Morgan fingerprint density at radius 1 is 1.15 bits per heavy atom. The number of benzene rings is 1. The number of aromatic nitrogens is 6. The minimum Gasteiger partial charge on any atom is -0.326 e. The van der Waals surface area contributed by atoms with Gasteiger partial charge >= 0.3 is 5.69 Å². The van der Waals surface area contributed by atoms with Crippen molar-refractivity contribution >= 4 is 50.7 Å². The van der Waals surface area contributed by atoms with Crippen molar-refractivity contribution in [2.45, 2.75) is 33.4 Å². The zero-order valence-electron chi connectivity index (χ0n) is 18.3. The zero-order chi connectivity index (χ0) is 24.0. The molecule has 0 saturated heterocycles. The van der Waals surface area contributed by atoms with Gasteiger partial charge in [0.05, 0.1) is 5.69 Å². The first-order valence-corrected chi connectivity index (χ1v) is 11.7. The van der Waals surface area contributed by atoms with E-state index in [1.54, 1.807) is 18.3 Å². The standard InChI is InChI=1S/C22H20ClN7O3S/c1-3-29-19-18(20(32)27-21(29)33)30(9-13-4-6-14(7-5-13)24-12(2)31)17(26-19)8-15-10-28-11-16(23)34-22(28)25-15/h4-7,10-11H,3,8-9H2,1-2H3,(H,24,31)(H,27,32,33). The Hall–Kier alpha value is -3.70. The number of carbonyl (C=O) groups excluding carboxylic acids is 1. The van der Waals surface area contributed by atoms with Gasteiger partial charge in [-0.15, -0.1) is 0 Å². The Balaban J connectivity index is 1.61. The number of fused-ring (bicyclic) bond motifs is 2. The van der Waals surface area contributed by atoms with Crippen molar-refractivity contribution < 1.29 is 4.79 Å². The largest absolute Gasteiger partial charge is 0.330 e. The Morgan fingerprint density at radius 3 is 2.59 bits per heavy atom. The summed E-state index contributed by atoms with van der Waals surface area (Å²) in [6.07, 6.45) is 4.03. The second-order valence-electron chi connectivity index (χ2n) is 7.80. The highest BCUT2D eigenvalue weighted by Gasteiger charge is 2.20. The molecule has 4 aromatic heterocycles. The fraction of sp³-hybridized carbons (Fsp3) is 0.227. The molecule has 0 unspecified atom stereocenters. The monoisotopic (exact) mass is 497 g/mol. The lowest BCUT2D eigenvalue weighted by Gasteiger charge is -2.10. The van der Waals surface area contributed by atoms with Crippen molar-refractivity contribution in [1.29, 1.82) is 0 Å². The van der Waals surface area contributed by atoms with E-state index in [9.17, 15) is 14.4 Å². The van der Waals surface area contributed by atoms with E-state index in [2.05, 4.69) is 15.3 Å². The molecule has 0 spiro atoms. The number of anilines is 1. The highest BCUT2D eigenvalue weighted by Crippen LogP contribution is 2.24. The van der Waals surface area contributed by atoms with Crippen LogP contribution in [0.15, 0.2) is 46.2 Å². The molecule has 12 heteroatoms. The SMILES string of the molecule is CCn1c(=O)[nH]c(=O)c2c1nc(Cc1cn3cc(Cl)sc3n1)n2Cc1ccc(NC(C)=O)cc1. The Labute approximate surface area is 201 Å². The lowest BCUT2D eigenvalue weighted by atomic mass is 10.2. The van der Waals surface area contributed by atoms with Crippen molar-refractivity contribution in [3.8, 4) is 0 Å². The van der Waals surface area contributed by atoms with Gasteiger partial charge < -0.3 is 9.88 Å². The molecule has 0 atom stereocenters. The smallest absolute Gasteiger partial charge is 0.326 e. The first-order valence-electron chi connectivity index (χ1n) is 10.5. The molecule has 0 bridgehead atoms.